The van der Waals surface area contributed by atoms with Crippen LogP contribution >= 0.6 is 0 Å². The number of rotatable bonds is 9. The second-order valence-corrected chi connectivity index (χ2v) is 12.4. The summed E-state index contributed by atoms with van der Waals surface area (Å²) in [5.41, 5.74) is 2.40. The van der Waals surface area contributed by atoms with E-state index in [0.717, 1.165) is 31.0 Å². The summed E-state index contributed by atoms with van der Waals surface area (Å²) in [5, 5.41) is 0. The third-order valence-corrected chi connectivity index (χ3v) is 9.10. The van der Waals surface area contributed by atoms with E-state index in [1.807, 2.05) is 0 Å². The van der Waals surface area contributed by atoms with E-state index in [-0.39, 0.29) is 42.1 Å². The standard InChI is InChI=1S/C30H48B2O4/c1-12-16-23(17-15-22-31-33-26(4,5)27(6,7)34-31)30(13-2,14-3)24-18-20-25(21-19-24)32-35-28(8,9)29(10,11)36-32/h15-21H,12-14,22H2,1-11H3/b17-15-,23-16+. The van der Waals surface area contributed by atoms with E-state index in [9.17, 15) is 0 Å². The Morgan fingerprint density at radius 3 is 1.67 bits per heavy atom. The van der Waals surface area contributed by atoms with E-state index in [1.54, 1.807) is 0 Å². The van der Waals surface area contributed by atoms with Gasteiger partial charge in [0.25, 0.3) is 0 Å². The highest BCUT2D eigenvalue weighted by atomic mass is 16.7. The summed E-state index contributed by atoms with van der Waals surface area (Å²) in [6.45, 7) is 23.6. The largest absolute Gasteiger partial charge is 0.494 e. The smallest absolute Gasteiger partial charge is 0.403 e. The molecule has 0 aliphatic carbocycles. The Balaban J connectivity index is 1.82. The van der Waals surface area contributed by atoms with Crippen molar-refractivity contribution >= 4 is 19.7 Å². The first-order valence-electron chi connectivity index (χ1n) is 13.8. The minimum atomic E-state index is -0.341. The molecular formula is C30H48B2O4. The summed E-state index contributed by atoms with van der Waals surface area (Å²) < 4.78 is 25.0. The number of benzene rings is 1. The van der Waals surface area contributed by atoms with Crippen molar-refractivity contribution in [2.24, 2.45) is 0 Å². The van der Waals surface area contributed by atoms with Crippen molar-refractivity contribution in [1.82, 2.24) is 0 Å². The molecular weight excluding hydrogens is 446 g/mol. The lowest BCUT2D eigenvalue weighted by Crippen LogP contribution is -2.41. The summed E-state index contributed by atoms with van der Waals surface area (Å²) in [5.74, 6) is 0. The van der Waals surface area contributed by atoms with Gasteiger partial charge in [-0.25, -0.2) is 0 Å². The zero-order chi connectivity index (χ0) is 27.0. The van der Waals surface area contributed by atoms with Crippen molar-refractivity contribution in [3.8, 4) is 0 Å². The normalized spacial score (nSPS) is 23.1. The van der Waals surface area contributed by atoms with Crippen LogP contribution in [0.5, 0.6) is 0 Å². The van der Waals surface area contributed by atoms with Gasteiger partial charge >= 0.3 is 14.2 Å². The Labute approximate surface area is 221 Å². The Morgan fingerprint density at radius 2 is 1.22 bits per heavy atom. The van der Waals surface area contributed by atoms with E-state index in [2.05, 4.69) is 119 Å². The summed E-state index contributed by atoms with van der Waals surface area (Å²) in [7, 11) is -0.557. The van der Waals surface area contributed by atoms with Gasteiger partial charge in [0.15, 0.2) is 0 Å². The fourth-order valence-corrected chi connectivity index (χ4v) is 5.18. The highest BCUT2D eigenvalue weighted by Gasteiger charge is 2.52. The molecule has 2 fully saturated rings. The molecule has 0 radical (unpaired) electrons. The molecule has 0 bridgehead atoms. The van der Waals surface area contributed by atoms with E-state index < -0.39 is 0 Å². The molecule has 2 heterocycles. The molecule has 2 aliphatic rings. The number of hydrogen-bond acceptors (Lipinski definition) is 4. The SMILES string of the molecule is CC/C=C(\C=C/CB1OC(C)(C)C(C)(C)O1)C(CC)(CC)c1ccc(B2OC(C)(C)C(C)(C)O2)cc1. The van der Waals surface area contributed by atoms with Gasteiger partial charge < -0.3 is 18.6 Å². The second-order valence-electron chi connectivity index (χ2n) is 12.4. The third-order valence-electron chi connectivity index (χ3n) is 9.10. The summed E-state index contributed by atoms with van der Waals surface area (Å²) in [4.78, 5) is 0. The lowest BCUT2D eigenvalue weighted by molar-refractivity contribution is 0.00578. The molecule has 1 aromatic rings. The second kappa shape index (κ2) is 10.4. The lowest BCUT2D eigenvalue weighted by Gasteiger charge is -2.34. The Hall–Kier alpha value is -1.33. The van der Waals surface area contributed by atoms with Gasteiger partial charge in [-0.1, -0.05) is 63.3 Å². The van der Waals surface area contributed by atoms with Crippen LogP contribution in [0.3, 0.4) is 0 Å². The van der Waals surface area contributed by atoms with Crippen LogP contribution in [-0.4, -0.2) is 36.6 Å². The first kappa shape index (κ1) is 29.2. The van der Waals surface area contributed by atoms with Gasteiger partial charge in [0.2, 0.25) is 0 Å². The van der Waals surface area contributed by atoms with Gasteiger partial charge in [0.1, 0.15) is 0 Å². The van der Waals surface area contributed by atoms with Crippen LogP contribution in [0, 0.1) is 0 Å². The first-order valence-corrected chi connectivity index (χ1v) is 13.8. The molecule has 0 aromatic heterocycles. The maximum atomic E-state index is 6.28. The van der Waals surface area contributed by atoms with Crippen molar-refractivity contribution < 1.29 is 18.6 Å². The van der Waals surface area contributed by atoms with Crippen LogP contribution < -0.4 is 5.46 Å². The van der Waals surface area contributed by atoms with Crippen LogP contribution in [0.25, 0.3) is 0 Å². The van der Waals surface area contributed by atoms with Crippen LogP contribution in [-0.2, 0) is 24.0 Å². The molecule has 2 saturated heterocycles. The summed E-state index contributed by atoms with van der Waals surface area (Å²) in [6, 6.07) is 8.88. The van der Waals surface area contributed by atoms with Gasteiger partial charge in [-0.15, -0.1) is 0 Å². The zero-order valence-electron chi connectivity index (χ0n) is 24.7. The van der Waals surface area contributed by atoms with Gasteiger partial charge in [-0.2, -0.15) is 0 Å². The average Bonchev–Trinajstić information content (AvgIpc) is 3.14. The molecule has 198 valence electrons. The lowest BCUT2D eigenvalue weighted by atomic mass is 9.68. The third kappa shape index (κ3) is 5.43. The van der Waals surface area contributed by atoms with E-state index in [1.165, 1.54) is 11.1 Å². The molecule has 2 aliphatic heterocycles. The van der Waals surface area contributed by atoms with Crippen molar-refractivity contribution in [2.75, 3.05) is 0 Å². The Kier molecular flexibility index (Phi) is 8.48. The van der Waals surface area contributed by atoms with Crippen LogP contribution in [0.1, 0.15) is 101 Å². The first-order chi connectivity index (χ1) is 16.6. The van der Waals surface area contributed by atoms with Crippen molar-refractivity contribution in [1.29, 1.82) is 0 Å². The fourth-order valence-electron chi connectivity index (χ4n) is 5.18. The molecule has 0 N–H and O–H groups in total. The molecule has 0 saturated carbocycles. The fraction of sp³-hybridized carbons (Fsp3) is 0.667. The van der Waals surface area contributed by atoms with Crippen molar-refractivity contribution in [2.45, 2.75) is 130 Å². The monoisotopic (exact) mass is 494 g/mol. The quantitative estimate of drug-likeness (QED) is 0.273. The van der Waals surface area contributed by atoms with Gasteiger partial charge in [0.05, 0.1) is 22.4 Å². The minimum absolute atomic E-state index is 0.0586. The highest BCUT2D eigenvalue weighted by Crippen LogP contribution is 2.41. The van der Waals surface area contributed by atoms with E-state index >= 15 is 0 Å². The topological polar surface area (TPSA) is 36.9 Å². The molecule has 36 heavy (non-hydrogen) atoms. The van der Waals surface area contributed by atoms with Gasteiger partial charge in [0, 0.05) is 11.7 Å². The summed E-state index contributed by atoms with van der Waals surface area (Å²) in [6.07, 6.45) is 10.7. The van der Waals surface area contributed by atoms with Crippen LogP contribution in [0.4, 0.5) is 0 Å². The maximum absolute atomic E-state index is 6.28. The zero-order valence-corrected chi connectivity index (χ0v) is 24.7. The van der Waals surface area contributed by atoms with Crippen LogP contribution in [0.15, 0.2) is 48.1 Å². The number of allylic oxidation sites excluding steroid dienone is 4. The van der Waals surface area contributed by atoms with E-state index in [0.29, 0.717) is 0 Å². The molecule has 0 amide bonds. The van der Waals surface area contributed by atoms with Gasteiger partial charge in [-0.3, -0.25) is 0 Å². The maximum Gasteiger partial charge on any atom is 0.494 e. The Morgan fingerprint density at radius 1 is 0.750 bits per heavy atom. The van der Waals surface area contributed by atoms with E-state index in [4.69, 9.17) is 18.6 Å². The van der Waals surface area contributed by atoms with Crippen LogP contribution in [0.2, 0.25) is 6.32 Å². The molecule has 1 aromatic carbocycles. The molecule has 0 atom stereocenters. The predicted octanol–water partition coefficient (Wildman–Crippen LogP) is 7.03. The van der Waals surface area contributed by atoms with Gasteiger partial charge in [-0.05, 0) is 91.3 Å². The molecule has 0 unspecified atom stereocenters. The number of hydrogen-bond donors (Lipinski definition) is 0. The van der Waals surface area contributed by atoms with Crippen molar-refractivity contribution in [3.05, 3.63) is 53.6 Å². The minimum Gasteiger partial charge on any atom is -0.403 e. The molecule has 3 rings (SSSR count). The highest BCUT2D eigenvalue weighted by molar-refractivity contribution is 6.62. The molecule has 4 nitrogen and oxygen atoms in total. The summed E-state index contributed by atoms with van der Waals surface area (Å²) >= 11 is 0. The average molecular weight is 494 g/mol. The Bertz CT molecular complexity index is 924. The molecule has 6 heteroatoms. The van der Waals surface area contributed by atoms with Crippen molar-refractivity contribution in [3.63, 3.8) is 0 Å². The predicted molar refractivity (Wildman–Crippen MR) is 153 cm³/mol. The molecule has 0 spiro atoms.